The minimum Gasteiger partial charge on any atom is -0.468 e. The SMILES string of the molecule is C[C@@H](NCC(=O)NCCc1cccc(Cl)c1)c1ccco1. The maximum atomic E-state index is 11.7. The van der Waals surface area contributed by atoms with Gasteiger partial charge in [0.05, 0.1) is 18.8 Å². The van der Waals surface area contributed by atoms with Crippen molar-refractivity contribution < 1.29 is 9.21 Å². The number of carbonyl (C=O) groups excluding carboxylic acids is 1. The molecule has 0 unspecified atom stereocenters. The number of nitrogens with one attached hydrogen (secondary N) is 2. The molecule has 0 radical (unpaired) electrons. The third-order valence-corrected chi connectivity index (χ3v) is 3.40. The maximum Gasteiger partial charge on any atom is 0.233 e. The number of hydrogen-bond acceptors (Lipinski definition) is 3. The zero-order valence-corrected chi connectivity index (χ0v) is 12.7. The van der Waals surface area contributed by atoms with E-state index in [-0.39, 0.29) is 18.5 Å². The molecule has 1 aromatic heterocycles. The van der Waals surface area contributed by atoms with Crippen LogP contribution in [0.3, 0.4) is 0 Å². The van der Waals surface area contributed by atoms with Gasteiger partial charge in [-0.15, -0.1) is 0 Å². The van der Waals surface area contributed by atoms with Crippen molar-refractivity contribution in [1.29, 1.82) is 0 Å². The van der Waals surface area contributed by atoms with E-state index in [1.165, 1.54) is 0 Å². The normalized spacial score (nSPS) is 12.1. The molecule has 21 heavy (non-hydrogen) atoms. The highest BCUT2D eigenvalue weighted by Crippen LogP contribution is 2.12. The first-order valence-electron chi connectivity index (χ1n) is 6.93. The Hall–Kier alpha value is -1.78. The van der Waals surface area contributed by atoms with Crippen LogP contribution in [0.25, 0.3) is 0 Å². The first-order valence-corrected chi connectivity index (χ1v) is 7.31. The average molecular weight is 307 g/mol. The van der Waals surface area contributed by atoms with Crippen LogP contribution in [0.4, 0.5) is 0 Å². The van der Waals surface area contributed by atoms with Crippen molar-refractivity contribution in [3.63, 3.8) is 0 Å². The molecule has 2 rings (SSSR count). The summed E-state index contributed by atoms with van der Waals surface area (Å²) in [5.74, 6) is 0.789. The lowest BCUT2D eigenvalue weighted by Crippen LogP contribution is -2.35. The summed E-state index contributed by atoms with van der Waals surface area (Å²) in [6.07, 6.45) is 2.39. The molecule has 0 aliphatic heterocycles. The quantitative estimate of drug-likeness (QED) is 0.827. The second-order valence-electron chi connectivity index (χ2n) is 4.85. The summed E-state index contributed by atoms with van der Waals surface area (Å²) < 4.78 is 5.27. The summed E-state index contributed by atoms with van der Waals surface area (Å²) in [5, 5.41) is 6.71. The Labute approximate surface area is 129 Å². The van der Waals surface area contributed by atoms with Gasteiger partial charge in [-0.25, -0.2) is 0 Å². The summed E-state index contributed by atoms with van der Waals surface area (Å²) in [6.45, 7) is 2.81. The molecule has 0 bridgehead atoms. The summed E-state index contributed by atoms with van der Waals surface area (Å²) >= 11 is 5.91. The van der Waals surface area contributed by atoms with E-state index in [9.17, 15) is 4.79 Å². The molecule has 0 fully saturated rings. The van der Waals surface area contributed by atoms with E-state index < -0.39 is 0 Å². The average Bonchev–Trinajstić information content (AvgIpc) is 2.99. The van der Waals surface area contributed by atoms with Crippen molar-refractivity contribution >= 4 is 17.5 Å². The highest BCUT2D eigenvalue weighted by molar-refractivity contribution is 6.30. The molecule has 5 heteroatoms. The van der Waals surface area contributed by atoms with Gasteiger partial charge in [-0.1, -0.05) is 23.7 Å². The van der Waals surface area contributed by atoms with Gasteiger partial charge in [0, 0.05) is 11.6 Å². The van der Waals surface area contributed by atoms with Crippen molar-refractivity contribution in [2.24, 2.45) is 0 Å². The molecule has 0 aliphatic carbocycles. The third kappa shape index (κ3) is 5.25. The van der Waals surface area contributed by atoms with Crippen molar-refractivity contribution in [1.82, 2.24) is 10.6 Å². The molecule has 4 nitrogen and oxygen atoms in total. The van der Waals surface area contributed by atoms with Crippen molar-refractivity contribution in [2.75, 3.05) is 13.1 Å². The fourth-order valence-electron chi connectivity index (χ4n) is 1.99. The molecular weight excluding hydrogens is 288 g/mol. The number of hydrogen-bond donors (Lipinski definition) is 2. The number of rotatable bonds is 7. The second-order valence-corrected chi connectivity index (χ2v) is 5.28. The number of carbonyl (C=O) groups is 1. The van der Waals surface area contributed by atoms with Crippen molar-refractivity contribution in [3.05, 3.63) is 59.0 Å². The van der Waals surface area contributed by atoms with E-state index in [1.807, 2.05) is 43.3 Å². The molecule has 0 saturated carbocycles. The molecule has 2 N–H and O–H groups in total. The minimum absolute atomic E-state index is 0.0127. The van der Waals surface area contributed by atoms with Gasteiger partial charge in [-0.05, 0) is 43.2 Å². The van der Waals surface area contributed by atoms with Crippen LogP contribution >= 0.6 is 11.6 Å². The van der Waals surface area contributed by atoms with Gasteiger partial charge < -0.3 is 9.73 Å². The predicted octanol–water partition coefficient (Wildman–Crippen LogP) is 2.94. The molecule has 1 aromatic carbocycles. The zero-order valence-electron chi connectivity index (χ0n) is 11.9. The van der Waals surface area contributed by atoms with Gasteiger partial charge in [0.2, 0.25) is 5.91 Å². The van der Waals surface area contributed by atoms with Gasteiger partial charge in [0.1, 0.15) is 5.76 Å². The van der Waals surface area contributed by atoms with Gasteiger partial charge in [-0.3, -0.25) is 10.1 Å². The first-order chi connectivity index (χ1) is 10.1. The second kappa shape index (κ2) is 7.86. The van der Waals surface area contributed by atoms with E-state index >= 15 is 0 Å². The van der Waals surface area contributed by atoms with Gasteiger partial charge in [0.15, 0.2) is 0 Å². The number of halogens is 1. The van der Waals surface area contributed by atoms with Crippen LogP contribution in [0.1, 0.15) is 24.3 Å². The highest BCUT2D eigenvalue weighted by Gasteiger charge is 2.09. The molecule has 1 atom stereocenters. The van der Waals surface area contributed by atoms with E-state index in [0.29, 0.717) is 11.6 Å². The standard InChI is InChI=1S/C16H19ClN2O2/c1-12(15-6-3-9-21-15)19-11-16(20)18-8-7-13-4-2-5-14(17)10-13/h2-6,9-10,12,19H,7-8,11H2,1H3,(H,18,20)/t12-/m1/s1. The van der Waals surface area contributed by atoms with Crippen molar-refractivity contribution in [2.45, 2.75) is 19.4 Å². The molecule has 2 aromatic rings. The van der Waals surface area contributed by atoms with E-state index in [4.69, 9.17) is 16.0 Å². The highest BCUT2D eigenvalue weighted by atomic mass is 35.5. The molecule has 1 heterocycles. The minimum atomic E-state index is -0.0320. The summed E-state index contributed by atoms with van der Waals surface area (Å²) in [6, 6.07) is 11.4. The number of benzene rings is 1. The fourth-order valence-corrected chi connectivity index (χ4v) is 2.20. The van der Waals surface area contributed by atoms with Gasteiger partial charge in [-0.2, -0.15) is 0 Å². The summed E-state index contributed by atoms with van der Waals surface area (Å²) in [5.41, 5.74) is 1.11. The van der Waals surface area contributed by atoms with Crippen LogP contribution in [-0.4, -0.2) is 19.0 Å². The monoisotopic (exact) mass is 306 g/mol. The van der Waals surface area contributed by atoms with Crippen LogP contribution in [-0.2, 0) is 11.2 Å². The van der Waals surface area contributed by atoms with Gasteiger partial charge in [0.25, 0.3) is 0 Å². The Morgan fingerprint density at radius 2 is 2.19 bits per heavy atom. The Balaban J connectivity index is 1.66. The number of furan rings is 1. The zero-order chi connectivity index (χ0) is 15.1. The summed E-state index contributed by atoms with van der Waals surface area (Å²) in [4.78, 5) is 11.7. The van der Waals surface area contributed by atoms with Crippen molar-refractivity contribution in [3.8, 4) is 0 Å². The molecule has 0 aliphatic rings. The Kier molecular flexibility index (Phi) is 5.84. The molecule has 0 spiro atoms. The van der Waals surface area contributed by atoms with Crippen LogP contribution < -0.4 is 10.6 Å². The van der Waals surface area contributed by atoms with E-state index in [2.05, 4.69) is 10.6 Å². The first kappa shape index (κ1) is 15.6. The lowest BCUT2D eigenvalue weighted by Gasteiger charge is -2.11. The molecule has 112 valence electrons. The van der Waals surface area contributed by atoms with Gasteiger partial charge >= 0.3 is 0 Å². The molecular formula is C16H19ClN2O2. The van der Waals surface area contributed by atoms with Crippen LogP contribution in [0, 0.1) is 0 Å². The van der Waals surface area contributed by atoms with Crippen LogP contribution in [0.15, 0.2) is 47.1 Å². The van der Waals surface area contributed by atoms with E-state index in [1.54, 1.807) is 6.26 Å². The largest absolute Gasteiger partial charge is 0.468 e. The fraction of sp³-hybridized carbons (Fsp3) is 0.312. The van der Waals surface area contributed by atoms with Crippen LogP contribution in [0.2, 0.25) is 5.02 Å². The van der Waals surface area contributed by atoms with Crippen LogP contribution in [0.5, 0.6) is 0 Å². The lowest BCUT2D eigenvalue weighted by atomic mass is 10.1. The molecule has 1 amide bonds. The Morgan fingerprint density at radius 1 is 1.33 bits per heavy atom. The molecule has 0 saturated heterocycles. The Bertz CT molecular complexity index is 569. The summed E-state index contributed by atoms with van der Waals surface area (Å²) in [7, 11) is 0. The lowest BCUT2D eigenvalue weighted by molar-refractivity contribution is -0.120. The topological polar surface area (TPSA) is 54.3 Å². The number of amides is 1. The van der Waals surface area contributed by atoms with E-state index in [0.717, 1.165) is 17.7 Å². The smallest absolute Gasteiger partial charge is 0.233 e. The maximum absolute atomic E-state index is 11.7. The third-order valence-electron chi connectivity index (χ3n) is 3.16. The predicted molar refractivity (Wildman–Crippen MR) is 83.3 cm³/mol. The Morgan fingerprint density at radius 3 is 2.90 bits per heavy atom.